The van der Waals surface area contributed by atoms with Crippen molar-refractivity contribution in [1.29, 1.82) is 0 Å². The van der Waals surface area contributed by atoms with Gasteiger partial charge in [-0.2, -0.15) is 0 Å². The first-order valence-corrected chi connectivity index (χ1v) is 9.00. The van der Waals surface area contributed by atoms with Crippen molar-refractivity contribution >= 4 is 15.9 Å². The van der Waals surface area contributed by atoms with Crippen LogP contribution in [0.4, 0.5) is 0 Å². The molecule has 2 fully saturated rings. The van der Waals surface area contributed by atoms with Crippen LogP contribution in [0, 0.1) is 5.92 Å². The van der Waals surface area contributed by atoms with Gasteiger partial charge in [0.2, 0.25) is 15.9 Å². The Morgan fingerprint density at radius 3 is 2.05 bits per heavy atom. The van der Waals surface area contributed by atoms with Crippen LogP contribution in [0.2, 0.25) is 0 Å². The lowest BCUT2D eigenvalue weighted by atomic mass is 9.95. The van der Waals surface area contributed by atoms with Crippen molar-refractivity contribution in [3.05, 3.63) is 0 Å². The predicted octanol–water partition coefficient (Wildman–Crippen LogP) is 0.294. The molecule has 0 aromatic heterocycles. The maximum absolute atomic E-state index is 12.6. The maximum Gasteiger partial charge on any atom is 0.226 e. The molecule has 0 saturated carbocycles. The second kappa shape index (κ2) is 5.99. The third-order valence-electron chi connectivity index (χ3n) is 4.19. The molecule has 0 aliphatic carbocycles. The molecule has 2 saturated heterocycles. The van der Waals surface area contributed by atoms with Crippen LogP contribution >= 0.6 is 0 Å². The van der Waals surface area contributed by atoms with Gasteiger partial charge in [-0.25, -0.2) is 12.7 Å². The van der Waals surface area contributed by atoms with Gasteiger partial charge < -0.3 is 9.64 Å². The number of sulfonamides is 1. The second-order valence-corrected chi connectivity index (χ2v) is 7.90. The Balaban J connectivity index is 1.98. The summed E-state index contributed by atoms with van der Waals surface area (Å²) in [6.45, 7) is 6.06. The van der Waals surface area contributed by atoms with Gasteiger partial charge in [-0.05, 0) is 26.7 Å². The van der Waals surface area contributed by atoms with Gasteiger partial charge >= 0.3 is 0 Å². The van der Waals surface area contributed by atoms with Gasteiger partial charge in [0, 0.05) is 19.0 Å². The molecule has 0 spiro atoms. The molecule has 7 heteroatoms. The zero-order valence-corrected chi connectivity index (χ0v) is 13.2. The van der Waals surface area contributed by atoms with Gasteiger partial charge in [0.1, 0.15) is 0 Å². The van der Waals surface area contributed by atoms with Gasteiger partial charge in [0.25, 0.3) is 0 Å². The molecule has 0 aromatic rings. The average Bonchev–Trinajstić information content (AvgIpc) is 2.37. The van der Waals surface area contributed by atoms with E-state index in [1.54, 1.807) is 0 Å². The minimum Gasteiger partial charge on any atom is -0.377 e. The summed E-state index contributed by atoms with van der Waals surface area (Å²) in [7, 11) is -3.13. The van der Waals surface area contributed by atoms with Gasteiger partial charge in [-0.1, -0.05) is 0 Å². The smallest absolute Gasteiger partial charge is 0.226 e. The Bertz CT molecular complexity index is 447. The van der Waals surface area contributed by atoms with Crippen molar-refractivity contribution in [3.8, 4) is 0 Å². The highest BCUT2D eigenvalue weighted by Crippen LogP contribution is 2.24. The lowest BCUT2D eigenvalue weighted by Gasteiger charge is -2.42. The number of carbonyl (C=O) groups is 1. The van der Waals surface area contributed by atoms with Crippen molar-refractivity contribution in [1.82, 2.24) is 9.21 Å². The van der Waals surface area contributed by atoms with Crippen LogP contribution in [0.5, 0.6) is 0 Å². The Morgan fingerprint density at radius 2 is 1.60 bits per heavy atom. The third kappa shape index (κ3) is 3.32. The molecule has 116 valence electrons. The predicted molar refractivity (Wildman–Crippen MR) is 75.7 cm³/mol. The molecule has 0 bridgehead atoms. The summed E-state index contributed by atoms with van der Waals surface area (Å²) in [4.78, 5) is 14.6. The van der Waals surface area contributed by atoms with E-state index in [1.165, 1.54) is 10.6 Å². The maximum atomic E-state index is 12.6. The first-order chi connectivity index (χ1) is 9.30. The summed E-state index contributed by atoms with van der Waals surface area (Å²) in [6, 6.07) is 0.193. The number of carbonyl (C=O) groups excluding carboxylic acids is 1. The first kappa shape index (κ1) is 15.7. The fourth-order valence-electron chi connectivity index (χ4n) is 3.08. The monoisotopic (exact) mass is 304 g/mol. The molecule has 2 unspecified atom stereocenters. The van der Waals surface area contributed by atoms with E-state index in [0.29, 0.717) is 39.1 Å². The summed E-state index contributed by atoms with van der Waals surface area (Å²) < 4.78 is 29.9. The Hall–Kier alpha value is -0.660. The zero-order chi connectivity index (χ0) is 14.9. The summed E-state index contributed by atoms with van der Waals surface area (Å²) in [5.74, 6) is 0.0949. The molecule has 2 rings (SSSR count). The molecule has 2 atom stereocenters. The Morgan fingerprint density at radius 1 is 1.10 bits per heavy atom. The minimum atomic E-state index is -3.13. The van der Waals surface area contributed by atoms with E-state index in [9.17, 15) is 13.2 Å². The summed E-state index contributed by atoms with van der Waals surface area (Å²) in [6.07, 6.45) is 2.45. The van der Waals surface area contributed by atoms with Crippen molar-refractivity contribution in [2.24, 2.45) is 5.92 Å². The van der Waals surface area contributed by atoms with Crippen molar-refractivity contribution in [2.45, 2.75) is 38.8 Å². The van der Waals surface area contributed by atoms with Crippen LogP contribution < -0.4 is 0 Å². The molecule has 2 aliphatic heterocycles. The highest BCUT2D eigenvalue weighted by Gasteiger charge is 2.36. The third-order valence-corrected chi connectivity index (χ3v) is 5.50. The first-order valence-electron chi connectivity index (χ1n) is 7.15. The lowest BCUT2D eigenvalue weighted by Crippen LogP contribution is -2.55. The molecule has 2 heterocycles. The van der Waals surface area contributed by atoms with E-state index in [0.717, 1.165) is 0 Å². The number of morpholine rings is 1. The summed E-state index contributed by atoms with van der Waals surface area (Å²) in [5, 5.41) is 0. The average molecular weight is 304 g/mol. The quantitative estimate of drug-likeness (QED) is 0.735. The minimum absolute atomic E-state index is 0.0593. The number of rotatable bonds is 2. The lowest BCUT2D eigenvalue weighted by molar-refractivity contribution is -0.149. The van der Waals surface area contributed by atoms with Crippen molar-refractivity contribution in [3.63, 3.8) is 0 Å². The van der Waals surface area contributed by atoms with E-state index in [4.69, 9.17) is 4.74 Å². The van der Waals surface area contributed by atoms with Crippen LogP contribution in [-0.4, -0.2) is 68.2 Å². The molecule has 20 heavy (non-hydrogen) atoms. The van der Waals surface area contributed by atoms with Crippen molar-refractivity contribution in [2.75, 3.05) is 32.6 Å². The molecule has 0 N–H and O–H groups in total. The number of hydrogen-bond acceptors (Lipinski definition) is 4. The second-order valence-electron chi connectivity index (χ2n) is 5.92. The van der Waals surface area contributed by atoms with Gasteiger partial charge in [-0.15, -0.1) is 0 Å². The van der Waals surface area contributed by atoms with Crippen LogP contribution in [0.15, 0.2) is 0 Å². The van der Waals surface area contributed by atoms with Crippen LogP contribution in [0.25, 0.3) is 0 Å². The highest BCUT2D eigenvalue weighted by molar-refractivity contribution is 7.88. The van der Waals surface area contributed by atoms with E-state index in [2.05, 4.69) is 0 Å². The number of ether oxygens (including phenoxy) is 1. The van der Waals surface area contributed by atoms with Crippen molar-refractivity contribution < 1.29 is 17.9 Å². The van der Waals surface area contributed by atoms with Crippen LogP contribution in [-0.2, 0) is 19.6 Å². The van der Waals surface area contributed by atoms with Gasteiger partial charge in [0.05, 0.1) is 31.6 Å². The molecule has 2 aliphatic rings. The Kier molecular flexibility index (Phi) is 4.71. The number of nitrogens with zero attached hydrogens (tertiary/aromatic N) is 2. The van der Waals surface area contributed by atoms with Crippen LogP contribution in [0.3, 0.4) is 0 Å². The Labute approximate surface area is 121 Å². The normalized spacial score (nSPS) is 30.4. The summed E-state index contributed by atoms with van der Waals surface area (Å²) in [5.41, 5.74) is 0. The number of hydrogen-bond donors (Lipinski definition) is 0. The number of amides is 1. The molecular weight excluding hydrogens is 280 g/mol. The molecule has 6 nitrogen and oxygen atoms in total. The standard InChI is InChI=1S/C13H24N2O4S/c1-10-8-19-9-11(2)15(10)13(16)12-4-6-14(7-5-12)20(3,17)18/h10-12H,4-9H2,1-3H3. The van der Waals surface area contributed by atoms with E-state index in [1.807, 2.05) is 18.7 Å². The number of piperidine rings is 1. The SMILES string of the molecule is CC1COCC(C)N1C(=O)C1CCN(S(C)(=O)=O)CC1. The van der Waals surface area contributed by atoms with E-state index in [-0.39, 0.29) is 23.9 Å². The zero-order valence-electron chi connectivity index (χ0n) is 12.4. The largest absolute Gasteiger partial charge is 0.377 e. The topological polar surface area (TPSA) is 66.9 Å². The van der Waals surface area contributed by atoms with E-state index >= 15 is 0 Å². The molecule has 1 amide bonds. The van der Waals surface area contributed by atoms with E-state index < -0.39 is 10.0 Å². The summed E-state index contributed by atoms with van der Waals surface area (Å²) >= 11 is 0. The van der Waals surface area contributed by atoms with Gasteiger partial charge in [-0.3, -0.25) is 4.79 Å². The molecule has 0 radical (unpaired) electrons. The molecule has 0 aromatic carbocycles. The van der Waals surface area contributed by atoms with Crippen LogP contribution in [0.1, 0.15) is 26.7 Å². The highest BCUT2D eigenvalue weighted by atomic mass is 32.2. The van der Waals surface area contributed by atoms with Gasteiger partial charge in [0.15, 0.2) is 0 Å². The fraction of sp³-hybridized carbons (Fsp3) is 0.923. The molecular formula is C13H24N2O4S. The fourth-order valence-corrected chi connectivity index (χ4v) is 3.96.